The fraction of sp³-hybridized carbons (Fsp3) is 0.167. The first-order valence-electron chi connectivity index (χ1n) is 4.95. The molecule has 0 amide bonds. The standard InChI is InChI=1S/C12H10Cl2N2O/c1-7-6-15-12(16-11(7)14)8-3-4-10(17-2)9(13)5-8/h3-6H,1-2H3. The zero-order valence-corrected chi connectivity index (χ0v) is 10.9. The van der Waals surface area contributed by atoms with Gasteiger partial charge >= 0.3 is 0 Å². The Balaban J connectivity index is 2.46. The van der Waals surface area contributed by atoms with Crippen molar-refractivity contribution in [1.29, 1.82) is 0 Å². The van der Waals surface area contributed by atoms with Gasteiger partial charge in [-0.25, -0.2) is 9.97 Å². The predicted molar refractivity (Wildman–Crippen MR) is 68.8 cm³/mol. The van der Waals surface area contributed by atoms with Gasteiger partial charge < -0.3 is 4.74 Å². The number of aryl methyl sites for hydroxylation is 1. The summed E-state index contributed by atoms with van der Waals surface area (Å²) < 4.78 is 5.08. The molecule has 0 unspecified atom stereocenters. The van der Waals surface area contributed by atoms with Crippen LogP contribution in [0, 0.1) is 6.92 Å². The van der Waals surface area contributed by atoms with Crippen molar-refractivity contribution < 1.29 is 4.74 Å². The summed E-state index contributed by atoms with van der Waals surface area (Å²) in [5, 5.41) is 0.965. The molecule has 0 aliphatic rings. The van der Waals surface area contributed by atoms with Gasteiger partial charge in [-0.15, -0.1) is 0 Å². The lowest BCUT2D eigenvalue weighted by Crippen LogP contribution is -1.92. The molecule has 0 spiro atoms. The number of nitrogens with zero attached hydrogens (tertiary/aromatic N) is 2. The molecule has 0 aliphatic heterocycles. The molecule has 0 fully saturated rings. The number of benzene rings is 1. The van der Waals surface area contributed by atoms with Crippen molar-refractivity contribution in [3.05, 3.63) is 40.1 Å². The van der Waals surface area contributed by atoms with Crippen LogP contribution in [0.25, 0.3) is 11.4 Å². The minimum absolute atomic E-state index is 0.446. The van der Waals surface area contributed by atoms with E-state index >= 15 is 0 Å². The maximum absolute atomic E-state index is 6.04. The van der Waals surface area contributed by atoms with Crippen LogP contribution in [0.3, 0.4) is 0 Å². The van der Waals surface area contributed by atoms with E-state index in [1.807, 2.05) is 13.0 Å². The van der Waals surface area contributed by atoms with Crippen LogP contribution in [0.4, 0.5) is 0 Å². The molecule has 0 atom stereocenters. The highest BCUT2D eigenvalue weighted by molar-refractivity contribution is 6.32. The van der Waals surface area contributed by atoms with Crippen LogP contribution in [0.2, 0.25) is 10.2 Å². The molecule has 0 bridgehead atoms. The van der Waals surface area contributed by atoms with Gasteiger partial charge in [0.05, 0.1) is 12.1 Å². The van der Waals surface area contributed by atoms with Crippen molar-refractivity contribution in [2.75, 3.05) is 7.11 Å². The molecule has 1 heterocycles. The minimum atomic E-state index is 0.446. The van der Waals surface area contributed by atoms with E-state index in [-0.39, 0.29) is 0 Å². The van der Waals surface area contributed by atoms with Crippen LogP contribution in [-0.4, -0.2) is 17.1 Å². The SMILES string of the molecule is COc1ccc(-c2ncc(C)c(Cl)n2)cc1Cl. The quantitative estimate of drug-likeness (QED) is 0.778. The van der Waals surface area contributed by atoms with E-state index < -0.39 is 0 Å². The van der Waals surface area contributed by atoms with Crippen LogP contribution < -0.4 is 4.74 Å². The Kier molecular flexibility index (Phi) is 3.50. The number of aromatic nitrogens is 2. The highest BCUT2D eigenvalue weighted by Crippen LogP contribution is 2.29. The first kappa shape index (κ1) is 12.1. The van der Waals surface area contributed by atoms with E-state index in [0.29, 0.717) is 21.7 Å². The molecule has 0 N–H and O–H groups in total. The predicted octanol–water partition coefficient (Wildman–Crippen LogP) is 3.77. The van der Waals surface area contributed by atoms with Crippen LogP contribution in [0.5, 0.6) is 5.75 Å². The second kappa shape index (κ2) is 4.90. The van der Waals surface area contributed by atoms with Crippen LogP contribution >= 0.6 is 23.2 Å². The molecule has 1 aromatic carbocycles. The zero-order chi connectivity index (χ0) is 12.4. The number of methoxy groups -OCH3 is 1. The molecule has 2 aromatic rings. The summed E-state index contributed by atoms with van der Waals surface area (Å²) >= 11 is 12.0. The van der Waals surface area contributed by atoms with Crippen molar-refractivity contribution in [2.24, 2.45) is 0 Å². The third-order valence-corrected chi connectivity index (χ3v) is 3.00. The smallest absolute Gasteiger partial charge is 0.160 e. The van der Waals surface area contributed by atoms with E-state index in [1.165, 1.54) is 0 Å². The molecule has 0 saturated carbocycles. The van der Waals surface area contributed by atoms with Gasteiger partial charge in [0.25, 0.3) is 0 Å². The van der Waals surface area contributed by atoms with Gasteiger partial charge in [0.1, 0.15) is 10.9 Å². The lowest BCUT2D eigenvalue weighted by molar-refractivity contribution is 0.415. The molecule has 5 heteroatoms. The van der Waals surface area contributed by atoms with E-state index in [1.54, 1.807) is 25.4 Å². The van der Waals surface area contributed by atoms with Crippen molar-refractivity contribution in [3.8, 4) is 17.1 Å². The summed E-state index contributed by atoms with van der Waals surface area (Å²) in [6.45, 7) is 1.85. The highest BCUT2D eigenvalue weighted by Gasteiger charge is 2.07. The lowest BCUT2D eigenvalue weighted by Gasteiger charge is -2.06. The van der Waals surface area contributed by atoms with E-state index in [2.05, 4.69) is 9.97 Å². The topological polar surface area (TPSA) is 35.0 Å². The molecule has 0 saturated heterocycles. The van der Waals surface area contributed by atoms with Crippen molar-refractivity contribution in [1.82, 2.24) is 9.97 Å². The lowest BCUT2D eigenvalue weighted by atomic mass is 10.2. The summed E-state index contributed by atoms with van der Waals surface area (Å²) in [6, 6.07) is 5.36. The first-order valence-corrected chi connectivity index (χ1v) is 5.70. The van der Waals surface area contributed by atoms with Gasteiger partial charge in [-0.1, -0.05) is 23.2 Å². The van der Waals surface area contributed by atoms with Crippen LogP contribution in [0.15, 0.2) is 24.4 Å². The summed E-state index contributed by atoms with van der Waals surface area (Å²) in [5.74, 6) is 1.17. The van der Waals surface area contributed by atoms with Crippen molar-refractivity contribution in [3.63, 3.8) is 0 Å². The summed E-state index contributed by atoms with van der Waals surface area (Å²) in [6.07, 6.45) is 1.68. The second-order valence-electron chi connectivity index (χ2n) is 3.52. The zero-order valence-electron chi connectivity index (χ0n) is 9.37. The van der Waals surface area contributed by atoms with Gasteiger partial charge in [-0.05, 0) is 25.1 Å². The first-order chi connectivity index (χ1) is 8.11. The Morgan fingerprint density at radius 2 is 2.00 bits per heavy atom. The molecule has 3 nitrogen and oxygen atoms in total. The molecular formula is C12H10Cl2N2O. The van der Waals surface area contributed by atoms with E-state index in [9.17, 15) is 0 Å². The molecule has 1 aromatic heterocycles. The van der Waals surface area contributed by atoms with Gasteiger partial charge in [0, 0.05) is 17.3 Å². The molecule has 0 radical (unpaired) electrons. The number of ether oxygens (including phenoxy) is 1. The van der Waals surface area contributed by atoms with Gasteiger partial charge in [-0.2, -0.15) is 0 Å². The molecule has 2 rings (SSSR count). The average Bonchev–Trinajstić information content (AvgIpc) is 2.32. The monoisotopic (exact) mass is 268 g/mol. The summed E-state index contributed by atoms with van der Waals surface area (Å²) in [4.78, 5) is 8.41. The van der Waals surface area contributed by atoms with Crippen LogP contribution in [-0.2, 0) is 0 Å². The van der Waals surface area contributed by atoms with Gasteiger partial charge in [0.2, 0.25) is 0 Å². The molecule has 0 aliphatic carbocycles. The number of hydrogen-bond acceptors (Lipinski definition) is 3. The Bertz CT molecular complexity index is 558. The Morgan fingerprint density at radius 1 is 1.24 bits per heavy atom. The highest BCUT2D eigenvalue weighted by atomic mass is 35.5. The van der Waals surface area contributed by atoms with Crippen molar-refractivity contribution >= 4 is 23.2 Å². The maximum atomic E-state index is 6.04. The third-order valence-electron chi connectivity index (χ3n) is 2.32. The second-order valence-corrected chi connectivity index (χ2v) is 4.28. The Labute approximate surface area is 109 Å². The van der Waals surface area contributed by atoms with E-state index in [0.717, 1.165) is 11.1 Å². The number of hydrogen-bond donors (Lipinski definition) is 0. The fourth-order valence-corrected chi connectivity index (χ4v) is 1.75. The fourth-order valence-electron chi connectivity index (χ4n) is 1.37. The number of rotatable bonds is 2. The van der Waals surface area contributed by atoms with E-state index in [4.69, 9.17) is 27.9 Å². The largest absolute Gasteiger partial charge is 0.495 e. The minimum Gasteiger partial charge on any atom is -0.495 e. The molecule has 17 heavy (non-hydrogen) atoms. The third kappa shape index (κ3) is 2.51. The Hall–Kier alpha value is -1.32. The van der Waals surface area contributed by atoms with Gasteiger partial charge in [0.15, 0.2) is 5.82 Å². The maximum Gasteiger partial charge on any atom is 0.160 e. The normalized spacial score (nSPS) is 10.4. The Morgan fingerprint density at radius 3 is 2.59 bits per heavy atom. The molecular weight excluding hydrogens is 259 g/mol. The number of halogens is 2. The summed E-state index contributed by atoms with van der Waals surface area (Å²) in [7, 11) is 1.57. The average molecular weight is 269 g/mol. The molecule has 88 valence electrons. The van der Waals surface area contributed by atoms with Crippen molar-refractivity contribution in [2.45, 2.75) is 6.92 Å². The van der Waals surface area contributed by atoms with Gasteiger partial charge in [-0.3, -0.25) is 0 Å². The van der Waals surface area contributed by atoms with Crippen LogP contribution in [0.1, 0.15) is 5.56 Å². The summed E-state index contributed by atoms with van der Waals surface area (Å²) in [5.41, 5.74) is 1.65.